The Hall–Kier alpha value is -2.18. The number of halogens is 1. The van der Waals surface area contributed by atoms with E-state index in [0.29, 0.717) is 5.75 Å². The molecule has 5 nitrogen and oxygen atoms in total. The molecule has 1 N–H and O–H groups in total. The van der Waals surface area contributed by atoms with Gasteiger partial charge in [-0.1, -0.05) is 45.8 Å². The number of aliphatic hydroxyl groups is 1. The Morgan fingerprint density at radius 1 is 1.15 bits per heavy atom. The highest BCUT2D eigenvalue weighted by molar-refractivity contribution is 9.10. The fraction of sp³-hybridized carbons (Fsp3) is 0.333. The third-order valence-electron chi connectivity index (χ3n) is 4.86. The molecule has 2 amide bonds. The molecule has 1 fully saturated rings. The Bertz CT molecular complexity index is 834. The van der Waals surface area contributed by atoms with Gasteiger partial charge in [-0.3, -0.25) is 14.5 Å². The number of aliphatic hydroxyl groups excluding tert-OH is 1. The molecule has 2 unspecified atom stereocenters. The van der Waals surface area contributed by atoms with E-state index in [-0.39, 0.29) is 31.4 Å². The molecule has 2 atom stereocenters. The average molecular weight is 432 g/mol. The highest BCUT2D eigenvalue weighted by atomic mass is 79.9. The minimum Gasteiger partial charge on any atom is -0.491 e. The summed E-state index contributed by atoms with van der Waals surface area (Å²) in [6.45, 7) is 3.68. The molecule has 0 aliphatic carbocycles. The summed E-state index contributed by atoms with van der Waals surface area (Å²) in [6, 6.07) is 14.9. The van der Waals surface area contributed by atoms with Gasteiger partial charge in [0.1, 0.15) is 18.5 Å². The number of hydrogen-bond donors (Lipinski definition) is 1. The number of carbonyl (C=O) groups excluding carboxylic acids is 2. The summed E-state index contributed by atoms with van der Waals surface area (Å²) in [5, 5.41) is 10.3. The zero-order valence-electron chi connectivity index (χ0n) is 15.3. The standard InChI is InChI=1S/C21H22BrNO4/c1-14-3-9-18(10-4-14)27-13-17(24)12-23-19(25)11-21(2,20(23)26)15-5-7-16(22)8-6-15/h3-10,17,24H,11-13H2,1-2H3. The fourth-order valence-corrected chi connectivity index (χ4v) is 3.47. The topological polar surface area (TPSA) is 66.8 Å². The fourth-order valence-electron chi connectivity index (χ4n) is 3.20. The molecule has 142 valence electrons. The largest absolute Gasteiger partial charge is 0.491 e. The van der Waals surface area contributed by atoms with Crippen molar-refractivity contribution < 1.29 is 19.4 Å². The lowest BCUT2D eigenvalue weighted by Crippen LogP contribution is -2.42. The Balaban J connectivity index is 1.64. The van der Waals surface area contributed by atoms with Crippen LogP contribution in [0.4, 0.5) is 0 Å². The molecule has 0 radical (unpaired) electrons. The van der Waals surface area contributed by atoms with Crippen LogP contribution in [0.1, 0.15) is 24.5 Å². The maximum absolute atomic E-state index is 12.9. The molecule has 1 aliphatic heterocycles. The van der Waals surface area contributed by atoms with E-state index in [2.05, 4.69) is 15.9 Å². The summed E-state index contributed by atoms with van der Waals surface area (Å²) in [5.41, 5.74) is 0.996. The Morgan fingerprint density at radius 2 is 1.78 bits per heavy atom. The van der Waals surface area contributed by atoms with E-state index in [1.807, 2.05) is 55.5 Å². The number of nitrogens with zero attached hydrogens (tertiary/aromatic N) is 1. The summed E-state index contributed by atoms with van der Waals surface area (Å²) in [4.78, 5) is 26.5. The summed E-state index contributed by atoms with van der Waals surface area (Å²) in [6.07, 6.45) is -0.856. The Morgan fingerprint density at radius 3 is 2.41 bits per heavy atom. The van der Waals surface area contributed by atoms with E-state index < -0.39 is 11.5 Å². The monoisotopic (exact) mass is 431 g/mol. The number of ether oxygens (including phenoxy) is 1. The number of amides is 2. The molecule has 2 aromatic carbocycles. The van der Waals surface area contributed by atoms with Gasteiger partial charge < -0.3 is 9.84 Å². The van der Waals surface area contributed by atoms with E-state index >= 15 is 0 Å². The minimum absolute atomic E-state index is 0.00905. The zero-order valence-corrected chi connectivity index (χ0v) is 16.9. The predicted octanol–water partition coefficient (Wildman–Crippen LogP) is 3.21. The van der Waals surface area contributed by atoms with Crippen LogP contribution >= 0.6 is 15.9 Å². The van der Waals surface area contributed by atoms with Crippen molar-refractivity contribution in [3.63, 3.8) is 0 Å². The second kappa shape index (κ2) is 7.82. The van der Waals surface area contributed by atoms with Crippen molar-refractivity contribution in [1.82, 2.24) is 4.90 Å². The van der Waals surface area contributed by atoms with Crippen LogP contribution in [0.5, 0.6) is 5.75 Å². The molecule has 1 aliphatic rings. The van der Waals surface area contributed by atoms with Crippen molar-refractivity contribution >= 4 is 27.7 Å². The number of aryl methyl sites for hydroxylation is 1. The van der Waals surface area contributed by atoms with Crippen molar-refractivity contribution in [3.8, 4) is 5.75 Å². The normalized spacial score (nSPS) is 20.8. The number of benzene rings is 2. The van der Waals surface area contributed by atoms with Gasteiger partial charge in [-0.15, -0.1) is 0 Å². The van der Waals surface area contributed by atoms with Crippen molar-refractivity contribution in [2.24, 2.45) is 0 Å². The molecule has 0 bridgehead atoms. The molecular weight excluding hydrogens is 410 g/mol. The molecule has 1 saturated heterocycles. The number of imide groups is 1. The van der Waals surface area contributed by atoms with Crippen LogP contribution in [0.2, 0.25) is 0 Å². The molecule has 0 aromatic heterocycles. The van der Waals surface area contributed by atoms with Gasteiger partial charge >= 0.3 is 0 Å². The van der Waals surface area contributed by atoms with Crippen LogP contribution < -0.4 is 4.74 Å². The summed E-state index contributed by atoms with van der Waals surface area (Å²) >= 11 is 3.37. The SMILES string of the molecule is Cc1ccc(OCC(O)CN2C(=O)CC(C)(c3ccc(Br)cc3)C2=O)cc1. The van der Waals surface area contributed by atoms with Crippen molar-refractivity contribution in [1.29, 1.82) is 0 Å². The third kappa shape index (κ3) is 4.22. The predicted molar refractivity (Wildman–Crippen MR) is 106 cm³/mol. The van der Waals surface area contributed by atoms with Crippen LogP contribution in [0, 0.1) is 6.92 Å². The molecule has 3 rings (SSSR count). The van der Waals surface area contributed by atoms with Gasteiger partial charge in [0.05, 0.1) is 12.0 Å². The second-order valence-electron chi connectivity index (χ2n) is 7.10. The summed E-state index contributed by atoms with van der Waals surface area (Å²) in [5.74, 6) is 0.0717. The minimum atomic E-state index is -0.952. The highest BCUT2D eigenvalue weighted by Crippen LogP contribution is 2.36. The number of β-amino-alcohol motifs (C(OH)–C–C–N with tert-alkyl or cyclic N) is 1. The lowest BCUT2D eigenvalue weighted by atomic mass is 9.81. The van der Waals surface area contributed by atoms with Gasteiger partial charge in [0.2, 0.25) is 11.8 Å². The Labute approximate surface area is 167 Å². The van der Waals surface area contributed by atoms with Gasteiger partial charge in [-0.25, -0.2) is 0 Å². The number of carbonyl (C=O) groups is 2. The molecule has 2 aromatic rings. The zero-order chi connectivity index (χ0) is 19.6. The lowest BCUT2D eigenvalue weighted by Gasteiger charge is -2.24. The van der Waals surface area contributed by atoms with Crippen LogP contribution in [0.3, 0.4) is 0 Å². The number of hydrogen-bond acceptors (Lipinski definition) is 4. The molecular formula is C21H22BrNO4. The van der Waals surface area contributed by atoms with Crippen molar-refractivity contribution in [2.75, 3.05) is 13.2 Å². The van der Waals surface area contributed by atoms with Crippen LogP contribution in [0.15, 0.2) is 53.0 Å². The first-order valence-corrected chi connectivity index (χ1v) is 9.57. The van der Waals surface area contributed by atoms with Gasteiger partial charge in [-0.05, 0) is 43.7 Å². The number of rotatable bonds is 6. The van der Waals surface area contributed by atoms with E-state index in [4.69, 9.17) is 4.74 Å². The van der Waals surface area contributed by atoms with E-state index in [1.54, 1.807) is 6.92 Å². The van der Waals surface area contributed by atoms with Gasteiger partial charge in [-0.2, -0.15) is 0 Å². The van der Waals surface area contributed by atoms with Gasteiger partial charge in [0, 0.05) is 10.9 Å². The van der Waals surface area contributed by atoms with Gasteiger partial charge in [0.25, 0.3) is 0 Å². The quantitative estimate of drug-likeness (QED) is 0.712. The number of likely N-dealkylation sites (tertiary alicyclic amines) is 1. The second-order valence-corrected chi connectivity index (χ2v) is 8.02. The Kier molecular flexibility index (Phi) is 5.67. The summed E-state index contributed by atoms with van der Waals surface area (Å²) in [7, 11) is 0. The maximum atomic E-state index is 12.9. The maximum Gasteiger partial charge on any atom is 0.240 e. The summed E-state index contributed by atoms with van der Waals surface area (Å²) < 4.78 is 6.46. The van der Waals surface area contributed by atoms with Crippen molar-refractivity contribution in [3.05, 3.63) is 64.1 Å². The lowest BCUT2D eigenvalue weighted by molar-refractivity contribution is -0.141. The molecule has 1 heterocycles. The molecule has 6 heteroatoms. The van der Waals surface area contributed by atoms with Gasteiger partial charge in [0.15, 0.2) is 0 Å². The first-order valence-electron chi connectivity index (χ1n) is 8.78. The molecule has 27 heavy (non-hydrogen) atoms. The van der Waals surface area contributed by atoms with E-state index in [9.17, 15) is 14.7 Å². The molecule has 0 saturated carbocycles. The van der Waals surface area contributed by atoms with Crippen LogP contribution in [0.25, 0.3) is 0 Å². The molecule has 0 spiro atoms. The smallest absolute Gasteiger partial charge is 0.240 e. The van der Waals surface area contributed by atoms with E-state index in [1.165, 1.54) is 0 Å². The first-order chi connectivity index (χ1) is 12.8. The first kappa shape index (κ1) is 19.6. The van der Waals surface area contributed by atoms with Crippen LogP contribution in [-0.4, -0.2) is 41.1 Å². The van der Waals surface area contributed by atoms with E-state index in [0.717, 1.165) is 20.5 Å². The highest BCUT2D eigenvalue weighted by Gasteiger charge is 2.49. The third-order valence-corrected chi connectivity index (χ3v) is 5.39. The van der Waals surface area contributed by atoms with Crippen molar-refractivity contribution in [2.45, 2.75) is 31.8 Å². The average Bonchev–Trinajstić information content (AvgIpc) is 2.86. The van der Waals surface area contributed by atoms with Crippen LogP contribution in [-0.2, 0) is 15.0 Å².